The van der Waals surface area contributed by atoms with E-state index in [4.69, 9.17) is 0 Å². The number of ketones is 2. The molecule has 0 aliphatic heterocycles. The highest BCUT2D eigenvalue weighted by Gasteiger charge is 2.22. The quantitative estimate of drug-likeness (QED) is 0.656. The van der Waals surface area contributed by atoms with Gasteiger partial charge in [-0.05, 0) is 13.8 Å². The second-order valence-electron chi connectivity index (χ2n) is 4.20. The van der Waals surface area contributed by atoms with Gasteiger partial charge in [0.15, 0.2) is 0 Å². The molecule has 0 radical (unpaired) electrons. The van der Waals surface area contributed by atoms with Crippen molar-refractivity contribution in [2.45, 2.75) is 39.4 Å². The van der Waals surface area contributed by atoms with Gasteiger partial charge in [-0.1, -0.05) is 20.8 Å². The summed E-state index contributed by atoms with van der Waals surface area (Å²) in [4.78, 5) is 22.1. The van der Waals surface area contributed by atoms with Gasteiger partial charge in [0.2, 0.25) is 0 Å². The standard InChI is InChI=1S/C10H18O2S/c1-7(11)9(8(2)12)6-13-10(3,4)5/h9H,6H2,1-5H3. The second-order valence-corrected chi connectivity index (χ2v) is 6.04. The van der Waals surface area contributed by atoms with E-state index in [0.29, 0.717) is 5.75 Å². The van der Waals surface area contributed by atoms with Crippen LogP contribution in [0.3, 0.4) is 0 Å². The highest BCUT2D eigenvalue weighted by atomic mass is 32.2. The van der Waals surface area contributed by atoms with Crippen molar-refractivity contribution in [2.24, 2.45) is 5.92 Å². The lowest BCUT2D eigenvalue weighted by atomic mass is 10.0. The van der Waals surface area contributed by atoms with Crippen LogP contribution in [-0.2, 0) is 9.59 Å². The lowest BCUT2D eigenvalue weighted by Crippen LogP contribution is -2.24. The maximum Gasteiger partial charge on any atom is 0.141 e. The van der Waals surface area contributed by atoms with Crippen LogP contribution in [0, 0.1) is 5.92 Å². The minimum absolute atomic E-state index is 0.0238. The predicted octanol–water partition coefficient (Wildman–Crippen LogP) is 2.31. The van der Waals surface area contributed by atoms with E-state index >= 15 is 0 Å². The topological polar surface area (TPSA) is 34.1 Å². The van der Waals surface area contributed by atoms with Crippen LogP contribution < -0.4 is 0 Å². The summed E-state index contributed by atoms with van der Waals surface area (Å²) in [6, 6.07) is 0. The van der Waals surface area contributed by atoms with Gasteiger partial charge in [0.1, 0.15) is 11.6 Å². The Labute approximate surface area is 84.5 Å². The highest BCUT2D eigenvalue weighted by molar-refractivity contribution is 8.00. The summed E-state index contributed by atoms with van der Waals surface area (Å²) >= 11 is 1.66. The molecule has 2 nitrogen and oxygen atoms in total. The predicted molar refractivity (Wildman–Crippen MR) is 57.1 cm³/mol. The first-order valence-corrected chi connectivity index (χ1v) is 5.37. The molecule has 13 heavy (non-hydrogen) atoms. The molecule has 0 aliphatic carbocycles. The van der Waals surface area contributed by atoms with E-state index in [2.05, 4.69) is 20.8 Å². The number of Topliss-reactive ketones (excluding diaryl/α,β-unsaturated/α-hetero) is 2. The van der Waals surface area contributed by atoms with Crippen LogP contribution in [0.5, 0.6) is 0 Å². The number of thioether (sulfide) groups is 1. The summed E-state index contributed by atoms with van der Waals surface area (Å²) in [6.07, 6.45) is 0. The zero-order valence-electron chi connectivity index (χ0n) is 9.01. The minimum atomic E-state index is -0.413. The van der Waals surface area contributed by atoms with Gasteiger partial charge < -0.3 is 0 Å². The van der Waals surface area contributed by atoms with Crippen LogP contribution >= 0.6 is 11.8 Å². The molecule has 0 aromatic heterocycles. The Hall–Kier alpha value is -0.310. The molecular formula is C10H18O2S. The van der Waals surface area contributed by atoms with Gasteiger partial charge in [0.25, 0.3) is 0 Å². The molecule has 0 unspecified atom stereocenters. The van der Waals surface area contributed by atoms with Crippen molar-refractivity contribution in [3.05, 3.63) is 0 Å². The summed E-state index contributed by atoms with van der Waals surface area (Å²) in [5, 5.41) is 0. The van der Waals surface area contributed by atoms with Gasteiger partial charge >= 0.3 is 0 Å². The van der Waals surface area contributed by atoms with Gasteiger partial charge in [-0.15, -0.1) is 0 Å². The molecule has 0 saturated heterocycles. The van der Waals surface area contributed by atoms with Crippen molar-refractivity contribution in [1.82, 2.24) is 0 Å². The Morgan fingerprint density at radius 3 is 1.77 bits per heavy atom. The molecular weight excluding hydrogens is 184 g/mol. The number of carbonyl (C=O) groups excluding carboxylic acids is 2. The van der Waals surface area contributed by atoms with Crippen LogP contribution in [0.4, 0.5) is 0 Å². The van der Waals surface area contributed by atoms with E-state index in [1.165, 1.54) is 13.8 Å². The lowest BCUT2D eigenvalue weighted by molar-refractivity contribution is -0.129. The second kappa shape index (κ2) is 4.80. The van der Waals surface area contributed by atoms with E-state index in [9.17, 15) is 9.59 Å². The van der Waals surface area contributed by atoms with Crippen LogP contribution in [0.15, 0.2) is 0 Å². The van der Waals surface area contributed by atoms with Crippen LogP contribution in [0.2, 0.25) is 0 Å². The molecule has 0 aliphatic rings. The Morgan fingerprint density at radius 2 is 1.54 bits per heavy atom. The smallest absolute Gasteiger partial charge is 0.141 e. The molecule has 0 bridgehead atoms. The molecule has 0 aromatic carbocycles. The van der Waals surface area contributed by atoms with Gasteiger partial charge in [0.05, 0.1) is 5.92 Å². The van der Waals surface area contributed by atoms with Crippen LogP contribution in [-0.4, -0.2) is 22.1 Å². The molecule has 0 atom stereocenters. The third-order valence-corrected chi connectivity index (χ3v) is 3.03. The van der Waals surface area contributed by atoms with Crippen molar-refractivity contribution in [3.63, 3.8) is 0 Å². The summed E-state index contributed by atoms with van der Waals surface area (Å²) in [6.45, 7) is 9.20. The SMILES string of the molecule is CC(=O)C(CSC(C)(C)C)C(C)=O. The summed E-state index contributed by atoms with van der Waals surface area (Å²) < 4.78 is 0.114. The number of hydrogen-bond donors (Lipinski definition) is 0. The zero-order valence-corrected chi connectivity index (χ0v) is 9.83. The summed E-state index contributed by atoms with van der Waals surface area (Å²) in [5.41, 5.74) is 0. The van der Waals surface area contributed by atoms with Crippen LogP contribution in [0.1, 0.15) is 34.6 Å². The first-order valence-electron chi connectivity index (χ1n) is 4.39. The van der Waals surface area contributed by atoms with E-state index in [1.54, 1.807) is 11.8 Å². The van der Waals surface area contributed by atoms with Crippen molar-refractivity contribution in [3.8, 4) is 0 Å². The average molecular weight is 202 g/mol. The molecule has 0 heterocycles. The largest absolute Gasteiger partial charge is 0.299 e. The van der Waals surface area contributed by atoms with Gasteiger partial charge in [0, 0.05) is 10.5 Å². The normalized spacial score (nSPS) is 11.8. The first-order chi connectivity index (χ1) is 5.74. The minimum Gasteiger partial charge on any atom is -0.299 e. The third kappa shape index (κ3) is 5.86. The maximum atomic E-state index is 11.1. The van der Waals surface area contributed by atoms with Crippen molar-refractivity contribution in [1.29, 1.82) is 0 Å². The number of carbonyl (C=O) groups is 2. The molecule has 0 N–H and O–H groups in total. The molecule has 0 rings (SSSR count). The van der Waals surface area contributed by atoms with Gasteiger partial charge in [-0.2, -0.15) is 11.8 Å². The van der Waals surface area contributed by atoms with E-state index in [-0.39, 0.29) is 16.3 Å². The fourth-order valence-electron chi connectivity index (χ4n) is 0.854. The molecule has 76 valence electrons. The maximum absolute atomic E-state index is 11.1. The van der Waals surface area contributed by atoms with E-state index < -0.39 is 5.92 Å². The molecule has 0 fully saturated rings. The first kappa shape index (κ1) is 12.7. The zero-order chi connectivity index (χ0) is 10.6. The van der Waals surface area contributed by atoms with Crippen molar-refractivity contribution < 1.29 is 9.59 Å². The van der Waals surface area contributed by atoms with E-state index in [1.807, 2.05) is 0 Å². The van der Waals surface area contributed by atoms with Crippen molar-refractivity contribution >= 4 is 23.3 Å². The fourth-order valence-corrected chi connectivity index (χ4v) is 1.99. The number of rotatable bonds is 4. The highest BCUT2D eigenvalue weighted by Crippen LogP contribution is 2.25. The molecule has 0 amide bonds. The lowest BCUT2D eigenvalue weighted by Gasteiger charge is -2.19. The molecule has 0 aromatic rings. The Morgan fingerprint density at radius 1 is 1.15 bits per heavy atom. The Bertz CT molecular complexity index is 189. The van der Waals surface area contributed by atoms with Crippen molar-refractivity contribution in [2.75, 3.05) is 5.75 Å². The average Bonchev–Trinajstić information content (AvgIpc) is 1.82. The van der Waals surface area contributed by atoms with E-state index in [0.717, 1.165) is 0 Å². The summed E-state index contributed by atoms with van der Waals surface area (Å²) in [7, 11) is 0. The Kier molecular flexibility index (Phi) is 4.68. The molecule has 0 saturated carbocycles. The monoisotopic (exact) mass is 202 g/mol. The van der Waals surface area contributed by atoms with Crippen LogP contribution in [0.25, 0.3) is 0 Å². The Balaban J connectivity index is 4.14. The third-order valence-electron chi connectivity index (χ3n) is 1.66. The molecule has 0 spiro atoms. The number of hydrogen-bond acceptors (Lipinski definition) is 3. The van der Waals surface area contributed by atoms with Gasteiger partial charge in [-0.25, -0.2) is 0 Å². The molecule has 3 heteroatoms. The fraction of sp³-hybridized carbons (Fsp3) is 0.800. The summed E-state index contributed by atoms with van der Waals surface area (Å²) in [5.74, 6) is 0.145. The van der Waals surface area contributed by atoms with Gasteiger partial charge in [-0.3, -0.25) is 9.59 Å².